The lowest BCUT2D eigenvalue weighted by atomic mass is 9.87. The van der Waals surface area contributed by atoms with Crippen LogP contribution in [0.2, 0.25) is 0 Å². The number of likely N-dealkylation sites (tertiary alicyclic amines) is 1. The third-order valence-electron chi connectivity index (χ3n) is 6.57. The van der Waals surface area contributed by atoms with Crippen LogP contribution in [0.25, 0.3) is 0 Å². The first-order valence-corrected chi connectivity index (χ1v) is 10.7. The zero-order valence-electron chi connectivity index (χ0n) is 17.3. The van der Waals surface area contributed by atoms with Crippen molar-refractivity contribution < 1.29 is 4.74 Å². The summed E-state index contributed by atoms with van der Waals surface area (Å²) in [4.78, 5) is 9.26. The molecule has 2 aromatic rings. The third-order valence-corrected chi connectivity index (χ3v) is 6.57. The Morgan fingerprint density at radius 1 is 1.11 bits per heavy atom. The second-order valence-corrected chi connectivity index (χ2v) is 8.57. The van der Waals surface area contributed by atoms with Crippen LogP contribution in [0.15, 0.2) is 48.8 Å². The number of aryl methyl sites for hydroxylation is 1. The molecule has 2 aliphatic rings. The molecule has 3 heterocycles. The van der Waals surface area contributed by atoms with E-state index in [1.54, 1.807) is 0 Å². The van der Waals surface area contributed by atoms with Gasteiger partial charge in [-0.25, -0.2) is 0 Å². The van der Waals surface area contributed by atoms with E-state index in [2.05, 4.69) is 59.1 Å². The van der Waals surface area contributed by atoms with Gasteiger partial charge in [0.15, 0.2) is 0 Å². The van der Waals surface area contributed by atoms with Crippen LogP contribution in [-0.2, 0) is 24.2 Å². The Kier molecular flexibility index (Phi) is 6.10. The number of hydrogen-bond acceptors (Lipinski definition) is 4. The number of hydrogen-bond donors (Lipinski definition) is 0. The molecule has 1 unspecified atom stereocenters. The summed E-state index contributed by atoms with van der Waals surface area (Å²) >= 11 is 0. The lowest BCUT2D eigenvalue weighted by Crippen LogP contribution is -2.44. The molecule has 0 aliphatic carbocycles. The number of likely N-dealkylation sites (N-methyl/N-ethyl adjacent to an activating group) is 1. The molecule has 4 nitrogen and oxygen atoms in total. The molecule has 1 aromatic carbocycles. The van der Waals surface area contributed by atoms with Crippen LogP contribution in [0, 0.1) is 0 Å². The van der Waals surface area contributed by atoms with Gasteiger partial charge in [0.05, 0.1) is 12.2 Å². The first-order chi connectivity index (χ1) is 13.7. The van der Waals surface area contributed by atoms with Crippen molar-refractivity contribution in [2.45, 2.75) is 57.3 Å². The van der Waals surface area contributed by atoms with Crippen molar-refractivity contribution in [3.8, 4) is 0 Å². The number of ether oxygens (including phenoxy) is 1. The van der Waals surface area contributed by atoms with Crippen LogP contribution in [0.4, 0.5) is 0 Å². The van der Waals surface area contributed by atoms with Gasteiger partial charge in [0.2, 0.25) is 0 Å². The Morgan fingerprint density at radius 3 is 2.54 bits per heavy atom. The first kappa shape index (κ1) is 19.6. The van der Waals surface area contributed by atoms with Crippen molar-refractivity contribution in [3.63, 3.8) is 0 Å². The molecule has 1 spiro atoms. The highest BCUT2D eigenvalue weighted by Crippen LogP contribution is 2.38. The van der Waals surface area contributed by atoms with Gasteiger partial charge in [0.1, 0.15) is 0 Å². The molecule has 150 valence electrons. The standard InChI is InChI=1S/C24H33N3O/c1-3-20-6-8-21(9-7-20)18-27-13-10-24(11-14-27)15-23(19-28-24)26(2)17-22-5-4-12-25-16-22/h4-9,12,16,23H,3,10-11,13-15,17-19H2,1-2H3. The quantitative estimate of drug-likeness (QED) is 0.761. The third kappa shape index (κ3) is 4.62. The van der Waals surface area contributed by atoms with Crippen LogP contribution in [0.5, 0.6) is 0 Å². The monoisotopic (exact) mass is 379 g/mol. The normalized spacial score (nSPS) is 22.2. The largest absolute Gasteiger partial charge is 0.373 e. The van der Waals surface area contributed by atoms with Crippen molar-refractivity contribution in [3.05, 3.63) is 65.5 Å². The Morgan fingerprint density at radius 2 is 1.86 bits per heavy atom. The molecule has 2 saturated heterocycles. The summed E-state index contributed by atoms with van der Waals surface area (Å²) < 4.78 is 6.40. The van der Waals surface area contributed by atoms with E-state index in [4.69, 9.17) is 4.74 Å². The molecule has 0 N–H and O–H groups in total. The number of pyridine rings is 1. The number of nitrogens with zero attached hydrogens (tertiary/aromatic N) is 3. The summed E-state index contributed by atoms with van der Waals surface area (Å²) in [6.07, 6.45) is 8.37. The summed E-state index contributed by atoms with van der Waals surface area (Å²) in [6.45, 7) is 7.34. The lowest BCUT2D eigenvalue weighted by Gasteiger charge is -2.39. The molecule has 2 aliphatic heterocycles. The Balaban J connectivity index is 1.27. The van der Waals surface area contributed by atoms with Crippen molar-refractivity contribution in [1.29, 1.82) is 0 Å². The van der Waals surface area contributed by atoms with E-state index in [1.165, 1.54) is 16.7 Å². The highest BCUT2D eigenvalue weighted by atomic mass is 16.5. The second-order valence-electron chi connectivity index (χ2n) is 8.57. The summed E-state index contributed by atoms with van der Waals surface area (Å²) in [5, 5.41) is 0. The topological polar surface area (TPSA) is 28.6 Å². The summed E-state index contributed by atoms with van der Waals surface area (Å²) in [5.41, 5.74) is 4.21. The number of piperidine rings is 1. The van der Waals surface area contributed by atoms with Gasteiger partial charge in [-0.05, 0) is 55.5 Å². The zero-order chi connectivity index (χ0) is 19.4. The predicted octanol–water partition coefficient (Wildman–Crippen LogP) is 3.90. The van der Waals surface area contributed by atoms with E-state index < -0.39 is 0 Å². The van der Waals surface area contributed by atoms with Crippen molar-refractivity contribution in [2.75, 3.05) is 26.7 Å². The van der Waals surface area contributed by atoms with Gasteiger partial charge in [-0.1, -0.05) is 37.3 Å². The smallest absolute Gasteiger partial charge is 0.0723 e. The zero-order valence-corrected chi connectivity index (χ0v) is 17.3. The molecule has 0 amide bonds. The van der Waals surface area contributed by atoms with Gasteiger partial charge >= 0.3 is 0 Å². The van der Waals surface area contributed by atoms with Crippen LogP contribution >= 0.6 is 0 Å². The number of benzene rings is 1. The van der Waals surface area contributed by atoms with Gasteiger partial charge in [-0.2, -0.15) is 0 Å². The molecule has 1 aromatic heterocycles. The van der Waals surface area contributed by atoms with E-state index in [1.807, 2.05) is 18.5 Å². The van der Waals surface area contributed by atoms with E-state index in [9.17, 15) is 0 Å². The molecule has 0 bridgehead atoms. The fourth-order valence-electron chi connectivity index (χ4n) is 4.62. The second kappa shape index (κ2) is 8.73. The minimum Gasteiger partial charge on any atom is -0.373 e. The van der Waals surface area contributed by atoms with Gasteiger partial charge < -0.3 is 4.74 Å². The van der Waals surface area contributed by atoms with Crippen molar-refractivity contribution in [2.24, 2.45) is 0 Å². The number of rotatable bonds is 6. The van der Waals surface area contributed by atoms with Crippen molar-refractivity contribution >= 4 is 0 Å². The average molecular weight is 380 g/mol. The Labute approximate surface area is 169 Å². The molecule has 4 rings (SSSR count). The maximum absolute atomic E-state index is 6.40. The molecular formula is C24H33N3O. The summed E-state index contributed by atoms with van der Waals surface area (Å²) in [7, 11) is 2.22. The minimum absolute atomic E-state index is 0.0937. The molecular weight excluding hydrogens is 346 g/mol. The highest BCUT2D eigenvalue weighted by Gasteiger charge is 2.43. The van der Waals surface area contributed by atoms with E-state index in [-0.39, 0.29) is 5.60 Å². The van der Waals surface area contributed by atoms with Gasteiger partial charge in [-0.3, -0.25) is 14.8 Å². The minimum atomic E-state index is 0.0937. The van der Waals surface area contributed by atoms with Crippen LogP contribution in [-0.4, -0.2) is 53.2 Å². The summed E-state index contributed by atoms with van der Waals surface area (Å²) in [5.74, 6) is 0. The van der Waals surface area contributed by atoms with Gasteiger partial charge in [0.25, 0.3) is 0 Å². The molecule has 0 saturated carbocycles. The highest BCUT2D eigenvalue weighted by molar-refractivity contribution is 5.22. The van der Waals surface area contributed by atoms with Crippen LogP contribution < -0.4 is 0 Å². The van der Waals surface area contributed by atoms with Gasteiger partial charge in [-0.15, -0.1) is 0 Å². The molecule has 4 heteroatoms. The number of aromatic nitrogens is 1. The predicted molar refractivity (Wildman–Crippen MR) is 113 cm³/mol. The average Bonchev–Trinajstić information content (AvgIpc) is 3.15. The maximum Gasteiger partial charge on any atom is 0.0723 e. The fraction of sp³-hybridized carbons (Fsp3) is 0.542. The molecule has 1 atom stereocenters. The van der Waals surface area contributed by atoms with Crippen LogP contribution in [0.1, 0.15) is 42.9 Å². The Bertz CT molecular complexity index is 738. The molecule has 0 radical (unpaired) electrons. The van der Waals surface area contributed by atoms with Gasteiger partial charge in [0, 0.05) is 44.6 Å². The summed E-state index contributed by atoms with van der Waals surface area (Å²) in [6, 6.07) is 13.8. The molecule has 2 fully saturated rings. The lowest BCUT2D eigenvalue weighted by molar-refractivity contribution is -0.0452. The molecule has 28 heavy (non-hydrogen) atoms. The SMILES string of the molecule is CCc1ccc(CN2CCC3(CC2)CC(N(C)Cc2cccnc2)CO3)cc1. The van der Waals surface area contributed by atoms with E-state index in [0.717, 1.165) is 58.5 Å². The van der Waals surface area contributed by atoms with E-state index in [0.29, 0.717) is 6.04 Å². The van der Waals surface area contributed by atoms with Crippen LogP contribution in [0.3, 0.4) is 0 Å². The van der Waals surface area contributed by atoms with Crippen molar-refractivity contribution in [1.82, 2.24) is 14.8 Å². The maximum atomic E-state index is 6.40. The fourth-order valence-corrected chi connectivity index (χ4v) is 4.62. The van der Waals surface area contributed by atoms with E-state index >= 15 is 0 Å². The Hall–Kier alpha value is -1.75. The first-order valence-electron chi connectivity index (χ1n) is 10.7.